The summed E-state index contributed by atoms with van der Waals surface area (Å²) < 4.78 is 33.0. The highest BCUT2D eigenvalue weighted by Gasteiger charge is 2.29. The van der Waals surface area contributed by atoms with Crippen LogP contribution >= 0.6 is 7.82 Å². The quantitative estimate of drug-likeness (QED) is 0.457. The first kappa shape index (κ1) is 19.0. The molecule has 0 amide bonds. The van der Waals surface area contributed by atoms with Crippen LogP contribution in [0.4, 0.5) is 0 Å². The van der Waals surface area contributed by atoms with Gasteiger partial charge in [0, 0.05) is 26.6 Å². The van der Waals surface area contributed by atoms with Gasteiger partial charge in [0.2, 0.25) is 0 Å². The number of phosphoric ester groups is 1. The minimum absolute atomic E-state index is 0.0313. The molecule has 1 fully saturated rings. The van der Waals surface area contributed by atoms with Crippen molar-refractivity contribution < 1.29 is 32.5 Å². The summed E-state index contributed by atoms with van der Waals surface area (Å²) in [5.41, 5.74) is 0. The molecule has 7 nitrogen and oxygen atoms in total. The van der Waals surface area contributed by atoms with Crippen LogP contribution in [0, 0.1) is 0 Å². The minimum Gasteiger partial charge on any atom is -0.379 e. The molecule has 0 spiro atoms. The maximum atomic E-state index is 11.8. The summed E-state index contributed by atoms with van der Waals surface area (Å²) in [5.74, 6) is 0. The van der Waals surface area contributed by atoms with Crippen LogP contribution in [0.1, 0.15) is 19.8 Å². The number of rotatable bonds is 11. The molecule has 0 aliphatic carbocycles. The van der Waals surface area contributed by atoms with Crippen LogP contribution in [-0.2, 0) is 23.1 Å². The number of phosphoric acid groups is 1. The predicted molar refractivity (Wildman–Crippen MR) is 79.0 cm³/mol. The normalized spacial score (nSPS) is 22.1. The van der Waals surface area contributed by atoms with Gasteiger partial charge in [-0.15, -0.1) is 0 Å². The molecule has 21 heavy (non-hydrogen) atoms. The fraction of sp³-hybridized carbons (Fsp3) is 1.00. The average Bonchev–Trinajstić information content (AvgIpc) is 2.85. The van der Waals surface area contributed by atoms with E-state index in [0.29, 0.717) is 13.2 Å². The molecule has 1 unspecified atom stereocenters. The first-order valence-corrected chi connectivity index (χ1v) is 8.96. The van der Waals surface area contributed by atoms with Gasteiger partial charge >= 0.3 is 7.82 Å². The summed E-state index contributed by atoms with van der Waals surface area (Å²) in [7, 11) is -0.374. The lowest BCUT2D eigenvalue weighted by Crippen LogP contribution is -2.43. The van der Waals surface area contributed by atoms with Gasteiger partial charge in [-0.25, -0.2) is 4.57 Å². The van der Waals surface area contributed by atoms with Gasteiger partial charge in [-0.2, -0.15) is 0 Å². The lowest BCUT2D eigenvalue weighted by Gasteiger charge is -2.29. The molecule has 1 N–H and O–H groups in total. The van der Waals surface area contributed by atoms with Crippen molar-refractivity contribution in [1.82, 2.24) is 0 Å². The standard InChI is InChI=1S/C13H28NO6P/c1-4-18-11-13(17-3)12-20-21(15,16)19-10-9-14(2)7-5-6-8-14/h13H,4-12H2,1-3H3/p+1/t13-/m0/s1. The summed E-state index contributed by atoms with van der Waals surface area (Å²) >= 11 is 0. The van der Waals surface area contributed by atoms with Gasteiger partial charge in [-0.3, -0.25) is 9.05 Å². The van der Waals surface area contributed by atoms with Crippen molar-refractivity contribution >= 4 is 7.82 Å². The maximum absolute atomic E-state index is 11.8. The van der Waals surface area contributed by atoms with Gasteiger partial charge < -0.3 is 18.9 Å². The Bertz CT molecular complexity index is 335. The highest BCUT2D eigenvalue weighted by Crippen LogP contribution is 2.43. The minimum atomic E-state index is -4.02. The number of ether oxygens (including phenoxy) is 2. The molecular formula is C13H29NO6P+. The molecule has 126 valence electrons. The van der Waals surface area contributed by atoms with Gasteiger partial charge in [0.25, 0.3) is 0 Å². The van der Waals surface area contributed by atoms with E-state index in [1.165, 1.54) is 20.0 Å². The van der Waals surface area contributed by atoms with Crippen LogP contribution in [0.25, 0.3) is 0 Å². The van der Waals surface area contributed by atoms with Crippen molar-refractivity contribution in [2.75, 3.05) is 60.2 Å². The van der Waals surface area contributed by atoms with Crippen LogP contribution in [0.3, 0.4) is 0 Å². The second-order valence-electron chi connectivity index (χ2n) is 5.61. The van der Waals surface area contributed by atoms with Gasteiger partial charge in [-0.05, 0) is 6.92 Å². The number of methoxy groups -OCH3 is 1. The van der Waals surface area contributed by atoms with Crippen LogP contribution < -0.4 is 0 Å². The second kappa shape index (κ2) is 9.20. The Balaban J connectivity index is 2.24. The van der Waals surface area contributed by atoms with Crippen molar-refractivity contribution in [3.8, 4) is 0 Å². The van der Waals surface area contributed by atoms with E-state index in [-0.39, 0.29) is 19.3 Å². The molecule has 1 aliphatic rings. The van der Waals surface area contributed by atoms with Gasteiger partial charge in [0.1, 0.15) is 19.3 Å². The molecule has 0 aromatic rings. The Hall–Kier alpha value is -0.0100. The lowest BCUT2D eigenvalue weighted by atomic mass is 10.4. The molecule has 1 saturated heterocycles. The molecule has 0 aromatic heterocycles. The number of hydrogen-bond acceptors (Lipinski definition) is 5. The predicted octanol–water partition coefficient (Wildman–Crippen LogP) is 1.41. The first-order valence-electron chi connectivity index (χ1n) is 7.47. The van der Waals surface area contributed by atoms with E-state index in [0.717, 1.165) is 24.1 Å². The molecule has 2 atom stereocenters. The zero-order chi connectivity index (χ0) is 15.8. The van der Waals surface area contributed by atoms with Crippen LogP contribution in [-0.4, -0.2) is 75.7 Å². The maximum Gasteiger partial charge on any atom is 0.472 e. The van der Waals surface area contributed by atoms with Crippen molar-refractivity contribution in [1.29, 1.82) is 0 Å². The molecule has 0 aromatic carbocycles. The number of nitrogens with zero attached hydrogens (tertiary/aromatic N) is 1. The third-order valence-corrected chi connectivity index (χ3v) is 4.78. The summed E-state index contributed by atoms with van der Waals surface area (Å²) in [6.07, 6.45) is 2.03. The summed E-state index contributed by atoms with van der Waals surface area (Å²) in [5, 5.41) is 0. The van der Waals surface area contributed by atoms with E-state index >= 15 is 0 Å². The van der Waals surface area contributed by atoms with Crippen molar-refractivity contribution in [3.63, 3.8) is 0 Å². The second-order valence-corrected chi connectivity index (χ2v) is 7.07. The smallest absolute Gasteiger partial charge is 0.379 e. The van der Waals surface area contributed by atoms with E-state index in [1.54, 1.807) is 0 Å². The molecule has 0 saturated carbocycles. The van der Waals surface area contributed by atoms with E-state index in [1.807, 2.05) is 6.92 Å². The zero-order valence-electron chi connectivity index (χ0n) is 13.3. The SMILES string of the molecule is CCOC[C@@H](COP(=O)(O)OCC[N+]1(C)CCCC1)OC. The monoisotopic (exact) mass is 326 g/mol. The summed E-state index contributed by atoms with van der Waals surface area (Å²) in [6.45, 7) is 5.85. The lowest BCUT2D eigenvalue weighted by molar-refractivity contribution is -0.897. The molecule has 1 aliphatic heterocycles. The Morgan fingerprint density at radius 1 is 1.24 bits per heavy atom. The molecule has 0 bridgehead atoms. The van der Waals surface area contributed by atoms with E-state index < -0.39 is 7.82 Å². The van der Waals surface area contributed by atoms with Crippen molar-refractivity contribution in [3.05, 3.63) is 0 Å². The third-order valence-electron chi connectivity index (χ3n) is 3.80. The van der Waals surface area contributed by atoms with Crippen LogP contribution in [0.5, 0.6) is 0 Å². The Morgan fingerprint density at radius 3 is 2.48 bits per heavy atom. The number of hydrogen-bond donors (Lipinski definition) is 1. The molecule has 8 heteroatoms. The molecule has 0 radical (unpaired) electrons. The number of quaternary nitrogens is 1. The highest BCUT2D eigenvalue weighted by atomic mass is 31.2. The van der Waals surface area contributed by atoms with E-state index in [4.69, 9.17) is 18.5 Å². The molecule has 1 rings (SSSR count). The molecule has 1 heterocycles. The Kier molecular flexibility index (Phi) is 8.34. The van der Waals surface area contributed by atoms with E-state index in [2.05, 4.69) is 7.05 Å². The fourth-order valence-electron chi connectivity index (χ4n) is 2.35. The Morgan fingerprint density at radius 2 is 1.90 bits per heavy atom. The summed E-state index contributed by atoms with van der Waals surface area (Å²) in [4.78, 5) is 9.65. The number of likely N-dealkylation sites (N-methyl/N-ethyl adjacent to an activating group) is 1. The largest absolute Gasteiger partial charge is 0.472 e. The topological polar surface area (TPSA) is 74.2 Å². The molecular weight excluding hydrogens is 297 g/mol. The fourth-order valence-corrected chi connectivity index (χ4v) is 3.09. The average molecular weight is 326 g/mol. The van der Waals surface area contributed by atoms with Crippen molar-refractivity contribution in [2.24, 2.45) is 0 Å². The van der Waals surface area contributed by atoms with Crippen LogP contribution in [0.15, 0.2) is 0 Å². The van der Waals surface area contributed by atoms with Gasteiger partial charge in [0.05, 0.1) is 33.4 Å². The third kappa shape index (κ3) is 7.70. The van der Waals surface area contributed by atoms with Crippen molar-refractivity contribution in [2.45, 2.75) is 25.9 Å². The zero-order valence-corrected chi connectivity index (χ0v) is 14.2. The Labute approximate surface area is 127 Å². The summed E-state index contributed by atoms with van der Waals surface area (Å²) in [6, 6.07) is 0. The first-order chi connectivity index (χ1) is 9.91. The highest BCUT2D eigenvalue weighted by molar-refractivity contribution is 7.47. The number of likely N-dealkylation sites (tertiary alicyclic amines) is 1. The van der Waals surface area contributed by atoms with Gasteiger partial charge in [0.15, 0.2) is 0 Å². The van der Waals surface area contributed by atoms with Crippen LogP contribution in [0.2, 0.25) is 0 Å². The van der Waals surface area contributed by atoms with Gasteiger partial charge in [-0.1, -0.05) is 0 Å². The van der Waals surface area contributed by atoms with E-state index in [9.17, 15) is 9.46 Å².